The zero-order chi connectivity index (χ0) is 13.7. The Kier molecular flexibility index (Phi) is 4.93. The zero-order valence-corrected chi connectivity index (χ0v) is 11.9. The number of hydrogen-bond donors (Lipinski definition) is 1. The fourth-order valence-electron chi connectivity index (χ4n) is 1.93. The normalized spacial score (nSPS) is 12.6. The van der Waals surface area contributed by atoms with Gasteiger partial charge in [0.2, 0.25) is 0 Å². The van der Waals surface area contributed by atoms with E-state index in [2.05, 4.69) is 26.8 Å². The van der Waals surface area contributed by atoms with Gasteiger partial charge in [0.05, 0.1) is 22.8 Å². The second-order valence-corrected chi connectivity index (χ2v) is 5.01. The Labute approximate surface area is 116 Å². The second-order valence-electron chi connectivity index (χ2n) is 4.22. The summed E-state index contributed by atoms with van der Waals surface area (Å²) in [6.07, 6.45) is 4.63. The van der Waals surface area contributed by atoms with Crippen LogP contribution in [-0.2, 0) is 6.42 Å². The molecule has 1 unspecified atom stereocenters. The molecule has 0 saturated carbocycles. The summed E-state index contributed by atoms with van der Waals surface area (Å²) in [5.41, 5.74) is 1.53. The van der Waals surface area contributed by atoms with Gasteiger partial charge in [-0.25, -0.2) is 4.39 Å². The largest absolute Gasteiger partial charge is 0.305 e. The first-order chi connectivity index (χ1) is 9.27. The van der Waals surface area contributed by atoms with Crippen LogP contribution in [0.4, 0.5) is 4.39 Å². The van der Waals surface area contributed by atoms with Crippen molar-refractivity contribution in [3.05, 3.63) is 40.4 Å². The van der Waals surface area contributed by atoms with Crippen LogP contribution < -0.4 is 5.32 Å². The Morgan fingerprint density at radius 2 is 2.26 bits per heavy atom. The van der Waals surface area contributed by atoms with E-state index in [-0.39, 0.29) is 11.9 Å². The van der Waals surface area contributed by atoms with Crippen LogP contribution in [0.2, 0.25) is 0 Å². The maximum Gasteiger partial charge on any atom is 0.146 e. The van der Waals surface area contributed by atoms with Gasteiger partial charge in [0.1, 0.15) is 5.82 Å². The van der Waals surface area contributed by atoms with Gasteiger partial charge in [-0.2, -0.15) is 0 Å². The molecule has 2 heterocycles. The smallest absolute Gasteiger partial charge is 0.146 e. The standard InChI is InChI=1S/C13H17FN4S/c1-3-6-16-12(9-5-7-15-8-10(9)14)13-11(4-2)17-18-19-13/h5,7-8,12,16H,3-4,6H2,1-2H3. The van der Waals surface area contributed by atoms with Crippen LogP contribution >= 0.6 is 11.5 Å². The molecular formula is C13H17FN4S. The highest BCUT2D eigenvalue weighted by atomic mass is 32.1. The van der Waals surface area contributed by atoms with Crippen LogP contribution in [0.25, 0.3) is 0 Å². The molecule has 0 spiro atoms. The second kappa shape index (κ2) is 6.68. The molecule has 0 saturated heterocycles. The van der Waals surface area contributed by atoms with Crippen LogP contribution in [0.3, 0.4) is 0 Å². The summed E-state index contributed by atoms with van der Waals surface area (Å²) >= 11 is 1.33. The maximum absolute atomic E-state index is 14.0. The first-order valence-electron chi connectivity index (χ1n) is 6.41. The van der Waals surface area contributed by atoms with Crippen LogP contribution in [0.15, 0.2) is 18.5 Å². The predicted octanol–water partition coefficient (Wildman–Crippen LogP) is 2.72. The lowest BCUT2D eigenvalue weighted by atomic mass is 10.0. The Balaban J connectivity index is 2.39. The SMILES string of the molecule is CCCNC(c1ccncc1F)c1snnc1CC. The summed E-state index contributed by atoms with van der Waals surface area (Å²) in [5.74, 6) is -0.299. The summed E-state index contributed by atoms with van der Waals surface area (Å²) < 4.78 is 17.9. The van der Waals surface area contributed by atoms with Gasteiger partial charge in [0.25, 0.3) is 0 Å². The highest BCUT2D eigenvalue weighted by Crippen LogP contribution is 2.28. The third-order valence-corrected chi connectivity index (χ3v) is 3.73. The Morgan fingerprint density at radius 1 is 1.42 bits per heavy atom. The summed E-state index contributed by atoms with van der Waals surface area (Å²) in [4.78, 5) is 4.79. The van der Waals surface area contributed by atoms with Gasteiger partial charge in [-0.05, 0) is 37.0 Å². The average molecular weight is 280 g/mol. The van der Waals surface area contributed by atoms with Gasteiger partial charge in [0, 0.05) is 11.8 Å². The predicted molar refractivity (Wildman–Crippen MR) is 73.6 cm³/mol. The molecule has 2 aromatic rings. The zero-order valence-electron chi connectivity index (χ0n) is 11.1. The maximum atomic E-state index is 14.0. The van der Waals surface area contributed by atoms with Crippen molar-refractivity contribution in [2.45, 2.75) is 32.7 Å². The number of aryl methyl sites for hydroxylation is 1. The molecule has 0 fully saturated rings. The summed E-state index contributed by atoms with van der Waals surface area (Å²) in [5, 5.41) is 7.48. The third kappa shape index (κ3) is 3.13. The quantitative estimate of drug-likeness (QED) is 0.884. The molecule has 0 aliphatic rings. The van der Waals surface area contributed by atoms with E-state index in [1.165, 1.54) is 17.7 Å². The molecule has 102 valence electrons. The van der Waals surface area contributed by atoms with Crippen LogP contribution in [0.5, 0.6) is 0 Å². The van der Waals surface area contributed by atoms with Gasteiger partial charge < -0.3 is 5.32 Å². The Morgan fingerprint density at radius 3 is 2.95 bits per heavy atom. The monoisotopic (exact) mass is 280 g/mol. The number of pyridine rings is 1. The lowest BCUT2D eigenvalue weighted by Gasteiger charge is -2.18. The van der Waals surface area contributed by atoms with Gasteiger partial charge >= 0.3 is 0 Å². The molecule has 19 heavy (non-hydrogen) atoms. The van der Waals surface area contributed by atoms with Crippen LogP contribution in [-0.4, -0.2) is 21.1 Å². The van der Waals surface area contributed by atoms with Gasteiger partial charge in [0.15, 0.2) is 0 Å². The minimum Gasteiger partial charge on any atom is -0.305 e. The molecule has 2 rings (SSSR count). The molecule has 6 heteroatoms. The summed E-state index contributed by atoms with van der Waals surface area (Å²) in [6.45, 7) is 4.92. The highest BCUT2D eigenvalue weighted by Gasteiger charge is 2.22. The lowest BCUT2D eigenvalue weighted by molar-refractivity contribution is 0.545. The minimum absolute atomic E-state index is 0.196. The number of rotatable bonds is 6. The third-order valence-electron chi connectivity index (χ3n) is 2.90. The molecule has 1 atom stereocenters. The van der Waals surface area contributed by atoms with E-state index in [4.69, 9.17) is 0 Å². The first kappa shape index (κ1) is 14.0. The van der Waals surface area contributed by atoms with E-state index in [1.54, 1.807) is 12.3 Å². The number of halogens is 1. The van der Waals surface area contributed by atoms with Crippen LogP contribution in [0, 0.1) is 5.82 Å². The minimum atomic E-state index is -0.299. The lowest BCUT2D eigenvalue weighted by Crippen LogP contribution is -2.24. The number of nitrogens with one attached hydrogen (secondary N) is 1. The van der Waals surface area contributed by atoms with E-state index < -0.39 is 0 Å². The van der Waals surface area contributed by atoms with E-state index >= 15 is 0 Å². The van der Waals surface area contributed by atoms with Crippen molar-refractivity contribution in [1.29, 1.82) is 0 Å². The molecule has 0 bridgehead atoms. The van der Waals surface area contributed by atoms with E-state index in [9.17, 15) is 4.39 Å². The molecule has 0 radical (unpaired) electrons. The molecule has 1 N–H and O–H groups in total. The van der Waals surface area contributed by atoms with Crippen molar-refractivity contribution in [2.24, 2.45) is 0 Å². The van der Waals surface area contributed by atoms with Gasteiger partial charge in [-0.1, -0.05) is 18.3 Å². The topological polar surface area (TPSA) is 50.7 Å². The molecular weight excluding hydrogens is 263 g/mol. The van der Waals surface area contributed by atoms with Crippen molar-refractivity contribution < 1.29 is 4.39 Å². The Bertz CT molecular complexity index is 529. The van der Waals surface area contributed by atoms with Gasteiger partial charge in [-0.15, -0.1) is 5.10 Å². The number of aromatic nitrogens is 3. The first-order valence-corrected chi connectivity index (χ1v) is 7.19. The van der Waals surface area contributed by atoms with Crippen molar-refractivity contribution >= 4 is 11.5 Å². The van der Waals surface area contributed by atoms with E-state index in [1.807, 2.05) is 6.92 Å². The van der Waals surface area contributed by atoms with Crippen molar-refractivity contribution in [3.8, 4) is 0 Å². The van der Waals surface area contributed by atoms with E-state index in [0.717, 1.165) is 30.0 Å². The number of nitrogens with zero attached hydrogens (tertiary/aromatic N) is 3. The van der Waals surface area contributed by atoms with E-state index in [0.29, 0.717) is 5.56 Å². The molecule has 0 aliphatic heterocycles. The summed E-state index contributed by atoms with van der Waals surface area (Å²) in [6, 6.07) is 1.51. The van der Waals surface area contributed by atoms with Crippen molar-refractivity contribution in [2.75, 3.05) is 6.54 Å². The fourth-order valence-corrected chi connectivity index (χ4v) is 2.77. The molecule has 0 aromatic carbocycles. The fraction of sp³-hybridized carbons (Fsp3) is 0.462. The molecule has 4 nitrogen and oxygen atoms in total. The summed E-state index contributed by atoms with van der Waals surface area (Å²) in [7, 11) is 0. The molecule has 0 amide bonds. The van der Waals surface area contributed by atoms with Crippen molar-refractivity contribution in [1.82, 2.24) is 19.9 Å². The Hall–Kier alpha value is -1.40. The molecule has 2 aromatic heterocycles. The average Bonchev–Trinajstić information content (AvgIpc) is 2.89. The van der Waals surface area contributed by atoms with Crippen molar-refractivity contribution in [3.63, 3.8) is 0 Å². The van der Waals surface area contributed by atoms with Crippen LogP contribution in [0.1, 0.15) is 42.4 Å². The molecule has 0 aliphatic carbocycles. The highest BCUT2D eigenvalue weighted by molar-refractivity contribution is 7.05. The van der Waals surface area contributed by atoms with Gasteiger partial charge in [-0.3, -0.25) is 4.98 Å². The number of hydrogen-bond acceptors (Lipinski definition) is 5.